The summed E-state index contributed by atoms with van der Waals surface area (Å²) in [7, 11) is -3.22. The van der Waals surface area contributed by atoms with Gasteiger partial charge in [-0.25, -0.2) is 18.4 Å². The lowest BCUT2D eigenvalue weighted by Gasteiger charge is -2.45. The van der Waals surface area contributed by atoms with Gasteiger partial charge in [0.05, 0.1) is 36.0 Å². The van der Waals surface area contributed by atoms with E-state index in [4.69, 9.17) is 14.7 Å². The van der Waals surface area contributed by atoms with Crippen LogP contribution in [0.4, 0.5) is 11.5 Å². The Morgan fingerprint density at radius 3 is 2.82 bits per heavy atom. The van der Waals surface area contributed by atoms with Gasteiger partial charge in [0.2, 0.25) is 0 Å². The van der Waals surface area contributed by atoms with Crippen LogP contribution < -0.4 is 9.80 Å². The molecule has 9 heteroatoms. The molecule has 1 unspecified atom stereocenters. The van der Waals surface area contributed by atoms with E-state index in [1.165, 1.54) is 6.26 Å². The molecule has 2 aromatic heterocycles. The van der Waals surface area contributed by atoms with E-state index in [-0.39, 0.29) is 6.04 Å². The highest BCUT2D eigenvalue weighted by molar-refractivity contribution is 7.90. The van der Waals surface area contributed by atoms with E-state index in [9.17, 15) is 8.42 Å². The molecule has 4 aromatic rings. The summed E-state index contributed by atoms with van der Waals surface area (Å²) in [6.45, 7) is 3.54. The van der Waals surface area contributed by atoms with Crippen LogP contribution in [0.2, 0.25) is 0 Å². The van der Waals surface area contributed by atoms with Crippen molar-refractivity contribution in [3.8, 4) is 11.4 Å². The van der Waals surface area contributed by atoms with Crippen LogP contribution >= 0.6 is 0 Å². The highest BCUT2D eigenvalue weighted by Gasteiger charge is 2.35. The number of benzene rings is 2. The molecule has 34 heavy (non-hydrogen) atoms. The quantitative estimate of drug-likeness (QED) is 0.484. The monoisotopic (exact) mass is 475 g/mol. The Labute approximate surface area is 198 Å². The summed E-state index contributed by atoms with van der Waals surface area (Å²) in [4.78, 5) is 18.0. The fourth-order valence-corrected chi connectivity index (χ4v) is 5.49. The maximum Gasteiger partial charge on any atom is 0.175 e. The van der Waals surface area contributed by atoms with Gasteiger partial charge in [0.15, 0.2) is 21.5 Å². The zero-order chi connectivity index (χ0) is 23.3. The Hall–Kier alpha value is -3.43. The second-order valence-electron chi connectivity index (χ2n) is 8.87. The van der Waals surface area contributed by atoms with Crippen molar-refractivity contribution in [3.63, 3.8) is 0 Å². The van der Waals surface area contributed by atoms with Crippen LogP contribution in [0, 0.1) is 0 Å². The Morgan fingerprint density at radius 2 is 2.00 bits per heavy atom. The number of anilines is 2. The molecule has 1 N–H and O–H groups in total. The Balaban J connectivity index is 1.39. The minimum atomic E-state index is -3.22. The number of fused-ring (bicyclic) bond motifs is 4. The molecule has 0 spiro atoms. The molecule has 1 atom stereocenters. The molecule has 2 aromatic carbocycles. The SMILES string of the molecule is CS(=O)(=O)c1ccc(CN2CC3COCCN3c3nc(-c4cccc5[nH]ccc45)ncc32)cc1. The Morgan fingerprint density at radius 1 is 1.15 bits per heavy atom. The normalized spacial score (nSPS) is 18.1. The van der Waals surface area contributed by atoms with Gasteiger partial charge in [-0.2, -0.15) is 0 Å². The second kappa shape index (κ2) is 8.11. The van der Waals surface area contributed by atoms with Crippen molar-refractivity contribution >= 4 is 32.2 Å². The standard InChI is InChI=1S/C25H25N5O3S/c1-34(31,32)19-7-5-17(6-8-19)14-29-15-18-16-33-12-11-30(18)25-23(29)13-27-24(28-25)21-3-2-4-22-20(21)9-10-26-22/h2-10,13,18,26H,11-12,14-16H2,1H3. The predicted molar refractivity (Wildman–Crippen MR) is 132 cm³/mol. The molecule has 0 aliphatic carbocycles. The fourth-order valence-electron chi connectivity index (χ4n) is 4.86. The van der Waals surface area contributed by atoms with E-state index in [1.807, 2.05) is 36.7 Å². The third-order valence-electron chi connectivity index (χ3n) is 6.58. The third kappa shape index (κ3) is 3.70. The first kappa shape index (κ1) is 21.1. The minimum absolute atomic E-state index is 0.197. The first-order valence-electron chi connectivity index (χ1n) is 11.3. The molecule has 1 fully saturated rings. The highest BCUT2D eigenvalue weighted by Crippen LogP contribution is 2.37. The van der Waals surface area contributed by atoms with Crippen LogP contribution in [-0.2, 0) is 21.1 Å². The predicted octanol–water partition coefficient (Wildman–Crippen LogP) is 3.25. The lowest BCUT2D eigenvalue weighted by atomic mass is 10.1. The summed E-state index contributed by atoms with van der Waals surface area (Å²) >= 11 is 0. The molecule has 0 bridgehead atoms. The van der Waals surface area contributed by atoms with Gasteiger partial charge in [-0.05, 0) is 29.8 Å². The third-order valence-corrected chi connectivity index (χ3v) is 7.71. The maximum atomic E-state index is 11.8. The number of rotatable bonds is 4. The Bertz CT molecular complexity index is 1470. The van der Waals surface area contributed by atoms with Gasteiger partial charge in [-0.1, -0.05) is 24.3 Å². The van der Waals surface area contributed by atoms with Crippen LogP contribution in [0.3, 0.4) is 0 Å². The largest absolute Gasteiger partial charge is 0.377 e. The molecular weight excluding hydrogens is 450 g/mol. The molecular formula is C25H25N5O3S. The maximum absolute atomic E-state index is 11.8. The molecule has 8 nitrogen and oxygen atoms in total. The van der Waals surface area contributed by atoms with Crippen LogP contribution in [0.25, 0.3) is 22.3 Å². The molecule has 2 aliphatic heterocycles. The lowest BCUT2D eigenvalue weighted by Crippen LogP contribution is -2.55. The van der Waals surface area contributed by atoms with Gasteiger partial charge in [0.25, 0.3) is 0 Å². The average Bonchev–Trinajstić information content (AvgIpc) is 3.33. The number of H-pyrrole nitrogens is 1. The van der Waals surface area contributed by atoms with E-state index >= 15 is 0 Å². The summed E-state index contributed by atoms with van der Waals surface area (Å²) in [6, 6.07) is 15.5. The van der Waals surface area contributed by atoms with Crippen LogP contribution in [0.15, 0.2) is 65.8 Å². The molecule has 0 radical (unpaired) electrons. The minimum Gasteiger partial charge on any atom is -0.377 e. The van der Waals surface area contributed by atoms with Crippen LogP contribution in [0.1, 0.15) is 5.56 Å². The molecule has 6 rings (SSSR count). The zero-order valence-corrected chi connectivity index (χ0v) is 19.6. The summed E-state index contributed by atoms with van der Waals surface area (Å²) in [6.07, 6.45) is 5.07. The van der Waals surface area contributed by atoms with Crippen molar-refractivity contribution in [3.05, 3.63) is 66.5 Å². The number of sulfone groups is 1. The van der Waals surface area contributed by atoms with E-state index in [2.05, 4.69) is 26.9 Å². The van der Waals surface area contributed by atoms with E-state index in [0.29, 0.717) is 30.5 Å². The van der Waals surface area contributed by atoms with E-state index in [1.54, 1.807) is 12.1 Å². The van der Waals surface area contributed by atoms with Gasteiger partial charge >= 0.3 is 0 Å². The number of morpholine rings is 1. The number of hydrogen-bond acceptors (Lipinski definition) is 7. The van der Waals surface area contributed by atoms with Gasteiger partial charge < -0.3 is 19.5 Å². The number of nitrogens with one attached hydrogen (secondary N) is 1. The molecule has 0 amide bonds. The summed E-state index contributed by atoms with van der Waals surface area (Å²) in [5, 5.41) is 1.10. The van der Waals surface area contributed by atoms with Crippen molar-refractivity contribution < 1.29 is 13.2 Å². The number of aromatic nitrogens is 3. The molecule has 0 saturated carbocycles. The van der Waals surface area contributed by atoms with Crippen molar-refractivity contribution in [2.45, 2.75) is 17.5 Å². The summed E-state index contributed by atoms with van der Waals surface area (Å²) in [5.74, 6) is 1.62. The van der Waals surface area contributed by atoms with E-state index < -0.39 is 9.84 Å². The van der Waals surface area contributed by atoms with Gasteiger partial charge in [0.1, 0.15) is 0 Å². The topological polar surface area (TPSA) is 91.4 Å². The van der Waals surface area contributed by atoms with Crippen molar-refractivity contribution in [1.29, 1.82) is 0 Å². The molecule has 1 saturated heterocycles. The summed E-state index contributed by atoms with van der Waals surface area (Å²) in [5.41, 5.74) is 4.07. The summed E-state index contributed by atoms with van der Waals surface area (Å²) < 4.78 is 29.4. The smallest absolute Gasteiger partial charge is 0.175 e. The van der Waals surface area contributed by atoms with Gasteiger partial charge in [-0.3, -0.25) is 0 Å². The van der Waals surface area contributed by atoms with Crippen LogP contribution in [-0.4, -0.2) is 62.0 Å². The lowest BCUT2D eigenvalue weighted by molar-refractivity contribution is 0.0936. The zero-order valence-electron chi connectivity index (χ0n) is 18.8. The first-order valence-corrected chi connectivity index (χ1v) is 13.2. The Kier molecular flexibility index (Phi) is 5.04. The first-order chi connectivity index (χ1) is 16.5. The van der Waals surface area contributed by atoms with Crippen LogP contribution in [0.5, 0.6) is 0 Å². The van der Waals surface area contributed by atoms with Crippen molar-refractivity contribution in [2.75, 3.05) is 42.4 Å². The number of nitrogens with zero attached hydrogens (tertiary/aromatic N) is 4. The highest BCUT2D eigenvalue weighted by atomic mass is 32.2. The number of hydrogen-bond donors (Lipinski definition) is 1. The average molecular weight is 476 g/mol. The fraction of sp³-hybridized carbons (Fsp3) is 0.280. The van der Waals surface area contributed by atoms with E-state index in [0.717, 1.165) is 46.6 Å². The van der Waals surface area contributed by atoms with Crippen molar-refractivity contribution in [2.24, 2.45) is 0 Å². The van der Waals surface area contributed by atoms with Crippen molar-refractivity contribution in [1.82, 2.24) is 15.0 Å². The number of aromatic amines is 1. The number of ether oxygens (including phenoxy) is 1. The second-order valence-corrected chi connectivity index (χ2v) is 10.9. The van der Waals surface area contributed by atoms with Gasteiger partial charge in [0, 0.05) is 48.6 Å². The molecule has 2 aliphatic rings. The molecule has 4 heterocycles. The molecule has 174 valence electrons. The van der Waals surface area contributed by atoms with Gasteiger partial charge in [-0.15, -0.1) is 0 Å².